The van der Waals surface area contributed by atoms with Crippen molar-refractivity contribution in [3.63, 3.8) is 0 Å². The van der Waals surface area contributed by atoms with Crippen LogP contribution >= 0.6 is 0 Å². The molecule has 3 rings (SSSR count). The molecule has 0 aliphatic carbocycles. The Hall–Kier alpha value is -2.39. The predicted molar refractivity (Wildman–Crippen MR) is 79.2 cm³/mol. The first-order chi connectivity index (χ1) is 10.8. The molecule has 0 spiro atoms. The number of benzene rings is 1. The molecule has 1 unspecified atom stereocenters. The van der Waals surface area contributed by atoms with Crippen molar-refractivity contribution in [2.75, 3.05) is 19.7 Å². The van der Waals surface area contributed by atoms with Crippen molar-refractivity contribution in [2.24, 2.45) is 0 Å². The zero-order valence-corrected chi connectivity index (χ0v) is 12.5. The van der Waals surface area contributed by atoms with Crippen molar-refractivity contribution >= 4 is 0 Å². The molecule has 22 heavy (non-hydrogen) atoms. The predicted octanol–water partition coefficient (Wildman–Crippen LogP) is 2.47. The molecule has 2 heterocycles. The number of nitriles is 1. The summed E-state index contributed by atoms with van der Waals surface area (Å²) in [6, 6.07) is 9.48. The Morgan fingerprint density at radius 1 is 1.41 bits per heavy atom. The number of ether oxygens (including phenoxy) is 1. The van der Waals surface area contributed by atoms with Crippen LogP contribution in [0.25, 0.3) is 0 Å². The first-order valence-corrected chi connectivity index (χ1v) is 7.43. The lowest BCUT2D eigenvalue weighted by Crippen LogP contribution is -2.28. The number of aromatic nitrogens is 2. The Morgan fingerprint density at radius 3 is 2.91 bits per heavy atom. The zero-order chi connectivity index (χ0) is 15.4. The van der Waals surface area contributed by atoms with Crippen LogP contribution < -0.4 is 4.74 Å². The summed E-state index contributed by atoms with van der Waals surface area (Å²) in [5.74, 6) is 2.16. The first kappa shape index (κ1) is 14.5. The van der Waals surface area contributed by atoms with Gasteiger partial charge in [0.1, 0.15) is 12.4 Å². The smallest absolute Gasteiger partial charge is 0.223 e. The Morgan fingerprint density at radius 2 is 2.23 bits per heavy atom. The molecule has 1 aromatic carbocycles. The number of hydrogen-bond donors (Lipinski definition) is 0. The molecule has 6 heteroatoms. The van der Waals surface area contributed by atoms with Gasteiger partial charge < -0.3 is 9.26 Å². The van der Waals surface area contributed by atoms with E-state index >= 15 is 0 Å². The van der Waals surface area contributed by atoms with E-state index in [0.717, 1.165) is 37.5 Å². The molecule has 0 N–H and O–H groups in total. The van der Waals surface area contributed by atoms with Crippen molar-refractivity contribution in [3.8, 4) is 11.8 Å². The van der Waals surface area contributed by atoms with Crippen LogP contribution in [0.2, 0.25) is 0 Å². The number of nitrogens with zero attached hydrogens (tertiary/aromatic N) is 4. The van der Waals surface area contributed by atoms with Crippen LogP contribution in [0.15, 0.2) is 28.8 Å². The van der Waals surface area contributed by atoms with E-state index in [-0.39, 0.29) is 6.04 Å². The van der Waals surface area contributed by atoms with E-state index in [9.17, 15) is 0 Å². The lowest BCUT2D eigenvalue weighted by molar-refractivity contribution is 0.190. The van der Waals surface area contributed by atoms with E-state index in [4.69, 9.17) is 14.5 Å². The summed E-state index contributed by atoms with van der Waals surface area (Å²) in [6.45, 7) is 4.25. The van der Waals surface area contributed by atoms with Gasteiger partial charge in [0.05, 0.1) is 17.7 Å². The molecular formula is C16H18N4O2. The average Bonchev–Trinajstić information content (AvgIpc) is 3.16. The summed E-state index contributed by atoms with van der Waals surface area (Å²) < 4.78 is 10.8. The molecule has 0 saturated carbocycles. The third-order valence-corrected chi connectivity index (χ3v) is 3.84. The number of likely N-dealkylation sites (tertiary alicyclic amines) is 1. The van der Waals surface area contributed by atoms with E-state index in [1.54, 1.807) is 12.1 Å². The highest BCUT2D eigenvalue weighted by Gasteiger charge is 2.29. The summed E-state index contributed by atoms with van der Waals surface area (Å²) in [5, 5.41) is 12.8. The van der Waals surface area contributed by atoms with E-state index in [0.29, 0.717) is 18.1 Å². The monoisotopic (exact) mass is 298 g/mol. The van der Waals surface area contributed by atoms with Crippen LogP contribution in [-0.2, 0) is 0 Å². The number of aryl methyl sites for hydroxylation is 1. The second kappa shape index (κ2) is 6.58. The summed E-state index contributed by atoms with van der Waals surface area (Å²) in [6.07, 6.45) is 2.19. The molecule has 1 aromatic heterocycles. The molecular weight excluding hydrogens is 280 g/mol. The number of hydrogen-bond acceptors (Lipinski definition) is 6. The van der Waals surface area contributed by atoms with Crippen molar-refractivity contribution in [1.29, 1.82) is 5.26 Å². The summed E-state index contributed by atoms with van der Waals surface area (Å²) in [7, 11) is 0. The molecule has 1 aliphatic heterocycles. The molecule has 0 bridgehead atoms. The van der Waals surface area contributed by atoms with E-state index in [1.807, 2.05) is 19.1 Å². The largest absolute Gasteiger partial charge is 0.492 e. The fourth-order valence-electron chi connectivity index (χ4n) is 2.74. The maximum Gasteiger partial charge on any atom is 0.223 e. The Kier molecular flexibility index (Phi) is 4.35. The number of rotatable bonds is 5. The third-order valence-electron chi connectivity index (χ3n) is 3.84. The van der Waals surface area contributed by atoms with Crippen LogP contribution in [0, 0.1) is 18.3 Å². The topological polar surface area (TPSA) is 75.2 Å². The summed E-state index contributed by atoms with van der Waals surface area (Å²) in [5.41, 5.74) is 0.638. The highest BCUT2D eigenvalue weighted by atomic mass is 16.5. The molecule has 2 aromatic rings. The fourth-order valence-corrected chi connectivity index (χ4v) is 2.74. The average molecular weight is 298 g/mol. The molecule has 1 saturated heterocycles. The second-order valence-electron chi connectivity index (χ2n) is 5.35. The van der Waals surface area contributed by atoms with Gasteiger partial charge >= 0.3 is 0 Å². The maximum absolute atomic E-state index is 8.77. The van der Waals surface area contributed by atoms with Crippen molar-refractivity contribution in [2.45, 2.75) is 25.8 Å². The molecule has 1 aliphatic rings. The molecule has 1 fully saturated rings. The molecule has 0 amide bonds. The van der Waals surface area contributed by atoms with Crippen LogP contribution in [-0.4, -0.2) is 34.7 Å². The van der Waals surface area contributed by atoms with Gasteiger partial charge in [0.2, 0.25) is 5.89 Å². The third kappa shape index (κ3) is 3.26. The lowest BCUT2D eigenvalue weighted by Gasteiger charge is -2.21. The highest BCUT2D eigenvalue weighted by Crippen LogP contribution is 2.29. The minimum atomic E-state index is 0.224. The van der Waals surface area contributed by atoms with Gasteiger partial charge in [-0.1, -0.05) is 5.16 Å². The van der Waals surface area contributed by atoms with Crippen LogP contribution in [0.3, 0.4) is 0 Å². The standard InChI is InChI=1S/C16H18N4O2/c1-12-18-16(19-22-12)15-3-2-8-20(15)9-10-21-14-6-4-13(11-17)5-7-14/h4-7,15H,2-3,8-10H2,1H3. The van der Waals surface area contributed by atoms with Crippen molar-refractivity contribution in [3.05, 3.63) is 41.5 Å². The quantitative estimate of drug-likeness (QED) is 0.844. The minimum Gasteiger partial charge on any atom is -0.492 e. The second-order valence-corrected chi connectivity index (χ2v) is 5.35. The molecule has 1 atom stereocenters. The minimum absolute atomic E-state index is 0.224. The van der Waals surface area contributed by atoms with Crippen LogP contribution in [0.1, 0.15) is 36.2 Å². The zero-order valence-electron chi connectivity index (χ0n) is 12.5. The van der Waals surface area contributed by atoms with Gasteiger partial charge in [-0.25, -0.2) is 0 Å². The van der Waals surface area contributed by atoms with Gasteiger partial charge in [-0.2, -0.15) is 10.2 Å². The Labute approximate surface area is 129 Å². The van der Waals surface area contributed by atoms with Gasteiger partial charge in [-0.15, -0.1) is 0 Å². The molecule has 114 valence electrons. The Balaban J connectivity index is 1.53. The first-order valence-electron chi connectivity index (χ1n) is 7.43. The van der Waals surface area contributed by atoms with Crippen LogP contribution in [0.4, 0.5) is 0 Å². The van der Waals surface area contributed by atoms with Crippen molar-refractivity contribution in [1.82, 2.24) is 15.0 Å². The van der Waals surface area contributed by atoms with Gasteiger partial charge in [-0.05, 0) is 43.7 Å². The SMILES string of the molecule is Cc1nc(C2CCCN2CCOc2ccc(C#N)cc2)no1. The van der Waals surface area contributed by atoms with Crippen LogP contribution in [0.5, 0.6) is 5.75 Å². The normalized spacial score (nSPS) is 18.3. The van der Waals surface area contributed by atoms with E-state index in [1.165, 1.54) is 0 Å². The summed E-state index contributed by atoms with van der Waals surface area (Å²) >= 11 is 0. The molecule has 0 radical (unpaired) electrons. The van der Waals surface area contributed by atoms with Crippen molar-refractivity contribution < 1.29 is 9.26 Å². The Bertz CT molecular complexity index is 660. The summed E-state index contributed by atoms with van der Waals surface area (Å²) in [4.78, 5) is 6.66. The highest BCUT2D eigenvalue weighted by molar-refractivity contribution is 5.34. The van der Waals surface area contributed by atoms with E-state index < -0.39 is 0 Å². The fraction of sp³-hybridized carbons (Fsp3) is 0.438. The maximum atomic E-state index is 8.77. The molecule has 6 nitrogen and oxygen atoms in total. The van der Waals surface area contributed by atoms with E-state index in [2.05, 4.69) is 21.1 Å². The lowest BCUT2D eigenvalue weighted by atomic mass is 10.2. The van der Waals surface area contributed by atoms with Gasteiger partial charge in [0, 0.05) is 13.5 Å². The van der Waals surface area contributed by atoms with Gasteiger partial charge in [0.15, 0.2) is 5.82 Å². The van der Waals surface area contributed by atoms with Gasteiger partial charge in [-0.3, -0.25) is 4.90 Å². The van der Waals surface area contributed by atoms with Gasteiger partial charge in [0.25, 0.3) is 0 Å².